The molecule has 0 bridgehead atoms. The summed E-state index contributed by atoms with van der Waals surface area (Å²) in [7, 11) is -1.34. The first-order valence-electron chi connectivity index (χ1n) is 13.2. The number of carbonyl (C=O) groups excluding carboxylic acids is 1. The van der Waals surface area contributed by atoms with Gasteiger partial charge in [-0.2, -0.15) is 0 Å². The Morgan fingerprint density at radius 2 is 1.95 bits per heavy atom. The van der Waals surface area contributed by atoms with Gasteiger partial charge in [-0.05, 0) is 41.0 Å². The van der Waals surface area contributed by atoms with Gasteiger partial charge in [0.15, 0.2) is 10.8 Å². The van der Waals surface area contributed by atoms with Crippen LogP contribution in [-0.2, 0) is 23.3 Å². The summed E-state index contributed by atoms with van der Waals surface area (Å²) in [5.74, 6) is 0.661. The lowest BCUT2D eigenvalue weighted by Gasteiger charge is -2.37. The van der Waals surface area contributed by atoms with Gasteiger partial charge < -0.3 is 18.5 Å². The number of imidazole rings is 1. The van der Waals surface area contributed by atoms with E-state index in [0.717, 1.165) is 23.3 Å². The zero-order valence-corrected chi connectivity index (χ0v) is 24.8. The van der Waals surface area contributed by atoms with Gasteiger partial charge in [0.1, 0.15) is 18.1 Å². The van der Waals surface area contributed by atoms with Crippen LogP contribution < -0.4 is 0 Å². The lowest BCUT2D eigenvalue weighted by Crippen LogP contribution is -2.36. The molecule has 10 nitrogen and oxygen atoms in total. The molecule has 3 heterocycles. The highest BCUT2D eigenvalue weighted by Gasteiger charge is 2.40. The molecule has 0 amide bonds. The van der Waals surface area contributed by atoms with Crippen molar-refractivity contribution >= 4 is 36.6 Å². The Morgan fingerprint density at radius 1 is 1.19 bits per heavy atom. The van der Waals surface area contributed by atoms with Crippen LogP contribution in [0.2, 0.25) is 0 Å². The summed E-state index contributed by atoms with van der Waals surface area (Å²) in [4.78, 5) is 24.6. The minimum Gasteiger partial charge on any atom is -0.378 e. The van der Waals surface area contributed by atoms with Gasteiger partial charge in [0.2, 0.25) is 0 Å². The molecule has 0 saturated carbocycles. The maximum Gasteiger partial charge on any atom is 0.259 e. The molecule has 208 valence electrons. The average molecular weight is 556 g/mol. The Balaban J connectivity index is 1.64. The zero-order chi connectivity index (χ0) is 26.9. The topological polar surface area (TPSA) is 101 Å². The predicted molar refractivity (Wildman–Crippen MR) is 147 cm³/mol. The van der Waals surface area contributed by atoms with Crippen LogP contribution >= 0.6 is 20.3 Å². The fourth-order valence-corrected chi connectivity index (χ4v) is 6.73. The van der Waals surface area contributed by atoms with Gasteiger partial charge >= 0.3 is 0 Å². The molecule has 0 radical (unpaired) electrons. The fraction of sp³-hybridized carbons (Fsp3) is 0.760. The molecule has 0 N–H and O–H groups in total. The molecule has 2 aromatic rings. The van der Waals surface area contributed by atoms with Gasteiger partial charge in [-0.3, -0.25) is 9.36 Å². The van der Waals surface area contributed by atoms with Crippen molar-refractivity contribution in [3.05, 3.63) is 18.3 Å². The third kappa shape index (κ3) is 8.14. The number of aromatic nitrogens is 4. The SMILES string of the molecule is CCC(=O)SCCOCCOP(OC1CC(n2cnc3c(C)ncnc32)OC1CC)N(C(C)C)C(C)C. The lowest BCUT2D eigenvalue weighted by atomic mass is 10.1. The average Bonchev–Trinajstić information content (AvgIpc) is 3.47. The van der Waals surface area contributed by atoms with E-state index in [1.807, 2.05) is 18.4 Å². The minimum absolute atomic E-state index is 0.0652. The first-order valence-corrected chi connectivity index (χ1v) is 15.3. The van der Waals surface area contributed by atoms with Crippen LogP contribution in [-0.4, -0.2) is 79.2 Å². The fourth-order valence-electron chi connectivity index (χ4n) is 4.36. The molecular weight excluding hydrogens is 513 g/mol. The smallest absolute Gasteiger partial charge is 0.259 e. The molecule has 0 spiro atoms. The maximum atomic E-state index is 11.4. The Kier molecular flexibility index (Phi) is 12.2. The highest BCUT2D eigenvalue weighted by molar-refractivity contribution is 8.13. The monoisotopic (exact) mass is 555 g/mol. The molecule has 0 aliphatic carbocycles. The summed E-state index contributed by atoms with van der Waals surface area (Å²) in [5.41, 5.74) is 2.41. The second kappa shape index (κ2) is 14.8. The molecule has 37 heavy (non-hydrogen) atoms. The van der Waals surface area contributed by atoms with Crippen LogP contribution in [0.5, 0.6) is 0 Å². The van der Waals surface area contributed by atoms with Crippen LogP contribution in [0.15, 0.2) is 12.7 Å². The van der Waals surface area contributed by atoms with Crippen molar-refractivity contribution in [3.63, 3.8) is 0 Å². The van der Waals surface area contributed by atoms with Crippen molar-refractivity contribution in [2.24, 2.45) is 0 Å². The van der Waals surface area contributed by atoms with E-state index in [4.69, 9.17) is 18.5 Å². The highest BCUT2D eigenvalue weighted by atomic mass is 32.2. The molecule has 2 aromatic heterocycles. The van der Waals surface area contributed by atoms with E-state index in [1.54, 1.807) is 12.7 Å². The van der Waals surface area contributed by atoms with Crippen LogP contribution in [0.4, 0.5) is 0 Å². The Morgan fingerprint density at radius 3 is 2.62 bits per heavy atom. The van der Waals surface area contributed by atoms with Crippen molar-refractivity contribution in [1.82, 2.24) is 24.2 Å². The second-order valence-electron chi connectivity index (χ2n) is 9.53. The number of ether oxygens (including phenoxy) is 2. The van der Waals surface area contributed by atoms with Gasteiger partial charge in [0.25, 0.3) is 8.53 Å². The van der Waals surface area contributed by atoms with Crippen molar-refractivity contribution in [1.29, 1.82) is 0 Å². The summed E-state index contributed by atoms with van der Waals surface area (Å²) in [6.07, 6.45) is 4.99. The molecule has 12 heteroatoms. The van der Waals surface area contributed by atoms with E-state index in [1.165, 1.54) is 11.8 Å². The Hall–Kier alpha value is -1.20. The molecule has 4 unspecified atom stereocenters. The third-order valence-electron chi connectivity index (χ3n) is 6.12. The number of rotatable bonds is 15. The maximum absolute atomic E-state index is 11.4. The number of thioether (sulfide) groups is 1. The number of carbonyl (C=O) groups is 1. The standard InChI is InChI=1S/C25H42N5O5PS/c1-8-20-21(14-22(34-20)29-16-28-24-19(7)26-15-27-25(24)29)35-36(30(17(3)4)18(5)6)33-11-10-32-12-13-37-23(31)9-2/h15-18,20-22H,8-14H2,1-7H3. The summed E-state index contributed by atoms with van der Waals surface area (Å²) >= 11 is 1.32. The van der Waals surface area contributed by atoms with Crippen LogP contribution in [0, 0.1) is 6.92 Å². The second-order valence-corrected chi connectivity index (χ2v) is 12.1. The van der Waals surface area contributed by atoms with Crippen molar-refractivity contribution in [2.45, 2.75) is 98.2 Å². The van der Waals surface area contributed by atoms with E-state index >= 15 is 0 Å². The molecule has 1 aliphatic heterocycles. The van der Waals surface area contributed by atoms with E-state index in [0.29, 0.717) is 38.4 Å². The van der Waals surface area contributed by atoms with E-state index < -0.39 is 8.53 Å². The normalized spacial score (nSPS) is 21.1. The van der Waals surface area contributed by atoms with E-state index in [2.05, 4.69) is 54.2 Å². The predicted octanol–water partition coefficient (Wildman–Crippen LogP) is 5.27. The molecule has 1 aliphatic rings. The molecule has 3 rings (SSSR count). The molecule has 1 fully saturated rings. The molecule has 0 aromatic carbocycles. The largest absolute Gasteiger partial charge is 0.378 e. The summed E-state index contributed by atoms with van der Waals surface area (Å²) < 4.78 is 29.4. The number of nitrogens with zero attached hydrogens (tertiary/aromatic N) is 5. The molecule has 4 atom stereocenters. The van der Waals surface area contributed by atoms with E-state index in [9.17, 15) is 4.79 Å². The summed E-state index contributed by atoms with van der Waals surface area (Å²) in [6, 6.07) is 0.498. The highest BCUT2D eigenvalue weighted by Crippen LogP contribution is 2.50. The van der Waals surface area contributed by atoms with Crippen LogP contribution in [0.1, 0.15) is 72.7 Å². The van der Waals surface area contributed by atoms with Crippen molar-refractivity contribution in [3.8, 4) is 0 Å². The lowest BCUT2D eigenvalue weighted by molar-refractivity contribution is -0.110. The van der Waals surface area contributed by atoms with Crippen LogP contribution in [0.3, 0.4) is 0 Å². The van der Waals surface area contributed by atoms with Gasteiger partial charge in [0, 0.05) is 30.7 Å². The number of hydrogen-bond donors (Lipinski definition) is 0. The number of hydrogen-bond acceptors (Lipinski definition) is 10. The number of aryl methyl sites for hydroxylation is 1. The van der Waals surface area contributed by atoms with Gasteiger partial charge in [-0.1, -0.05) is 25.6 Å². The minimum atomic E-state index is -1.34. The van der Waals surface area contributed by atoms with Gasteiger partial charge in [0.05, 0.1) is 44.0 Å². The molecular formula is C25H42N5O5PS. The summed E-state index contributed by atoms with van der Waals surface area (Å²) in [5, 5.41) is 0.190. The van der Waals surface area contributed by atoms with Crippen molar-refractivity contribution < 1.29 is 23.3 Å². The first-order chi connectivity index (χ1) is 17.8. The molecule has 1 saturated heterocycles. The van der Waals surface area contributed by atoms with Gasteiger partial charge in [-0.15, -0.1) is 0 Å². The van der Waals surface area contributed by atoms with Crippen LogP contribution in [0.25, 0.3) is 11.2 Å². The van der Waals surface area contributed by atoms with Crippen molar-refractivity contribution in [2.75, 3.05) is 25.6 Å². The van der Waals surface area contributed by atoms with Gasteiger partial charge in [-0.25, -0.2) is 19.6 Å². The zero-order valence-electron chi connectivity index (χ0n) is 23.1. The first kappa shape index (κ1) is 30.3. The van der Waals surface area contributed by atoms with E-state index in [-0.39, 0.29) is 35.6 Å². The quantitative estimate of drug-likeness (QED) is 0.213. The third-order valence-corrected chi connectivity index (χ3v) is 9.25. The number of fused-ring (bicyclic) bond motifs is 1. The summed E-state index contributed by atoms with van der Waals surface area (Å²) in [6.45, 7) is 15.9. The Bertz CT molecular complexity index is 986. The Labute approximate surface area is 226 Å².